The van der Waals surface area contributed by atoms with Crippen molar-refractivity contribution in [1.82, 2.24) is 9.78 Å². The molecule has 1 aromatic heterocycles. The van der Waals surface area contributed by atoms with E-state index < -0.39 is 6.10 Å². The van der Waals surface area contributed by atoms with Gasteiger partial charge in [-0.15, -0.1) is 0 Å². The molecule has 0 saturated carbocycles. The molecule has 1 atom stereocenters. The van der Waals surface area contributed by atoms with Gasteiger partial charge in [0.15, 0.2) is 0 Å². The maximum Gasteiger partial charge on any atom is 0.0848 e. The quantitative estimate of drug-likeness (QED) is 0.896. The molecule has 0 spiro atoms. The number of hydrogen-bond acceptors (Lipinski definition) is 3. The smallest absolute Gasteiger partial charge is 0.0848 e. The molecule has 1 heterocycles. The monoisotopic (exact) mass is 260 g/mol. The van der Waals surface area contributed by atoms with E-state index in [1.807, 2.05) is 49.0 Å². The SMILES string of the molecule is COCc1ccccc1C(O)Cc1cc(C)nn1C. The summed E-state index contributed by atoms with van der Waals surface area (Å²) >= 11 is 0. The van der Waals surface area contributed by atoms with Crippen molar-refractivity contribution in [2.45, 2.75) is 26.1 Å². The summed E-state index contributed by atoms with van der Waals surface area (Å²) in [4.78, 5) is 0. The topological polar surface area (TPSA) is 47.3 Å². The van der Waals surface area contributed by atoms with Crippen LogP contribution in [0.5, 0.6) is 0 Å². The predicted molar refractivity (Wildman–Crippen MR) is 73.8 cm³/mol. The van der Waals surface area contributed by atoms with Gasteiger partial charge in [0.25, 0.3) is 0 Å². The molecule has 1 aromatic carbocycles. The first-order valence-corrected chi connectivity index (χ1v) is 6.36. The fourth-order valence-electron chi connectivity index (χ4n) is 2.31. The summed E-state index contributed by atoms with van der Waals surface area (Å²) in [6.45, 7) is 2.46. The van der Waals surface area contributed by atoms with E-state index in [0.29, 0.717) is 13.0 Å². The lowest BCUT2D eigenvalue weighted by atomic mass is 9.99. The minimum Gasteiger partial charge on any atom is -0.388 e. The number of aliphatic hydroxyl groups excluding tert-OH is 1. The third-order valence-electron chi connectivity index (χ3n) is 3.22. The molecule has 1 unspecified atom stereocenters. The highest BCUT2D eigenvalue weighted by Gasteiger charge is 2.15. The van der Waals surface area contributed by atoms with Crippen LogP contribution < -0.4 is 0 Å². The van der Waals surface area contributed by atoms with Gasteiger partial charge in [-0.3, -0.25) is 4.68 Å². The Kier molecular flexibility index (Phi) is 4.35. The van der Waals surface area contributed by atoms with Crippen molar-refractivity contribution in [2.24, 2.45) is 7.05 Å². The fourth-order valence-corrected chi connectivity index (χ4v) is 2.31. The van der Waals surface area contributed by atoms with Gasteiger partial charge in [0.1, 0.15) is 0 Å². The van der Waals surface area contributed by atoms with Crippen LogP contribution in [0.3, 0.4) is 0 Å². The van der Waals surface area contributed by atoms with E-state index in [2.05, 4.69) is 5.10 Å². The summed E-state index contributed by atoms with van der Waals surface area (Å²) in [6, 6.07) is 9.83. The summed E-state index contributed by atoms with van der Waals surface area (Å²) in [5, 5.41) is 14.7. The molecule has 0 saturated heterocycles. The lowest BCUT2D eigenvalue weighted by Crippen LogP contribution is -2.09. The zero-order chi connectivity index (χ0) is 13.8. The number of aromatic nitrogens is 2. The summed E-state index contributed by atoms with van der Waals surface area (Å²) in [6.07, 6.45) is 0.0130. The fraction of sp³-hybridized carbons (Fsp3) is 0.400. The number of rotatable bonds is 5. The second-order valence-corrected chi connectivity index (χ2v) is 4.75. The van der Waals surface area contributed by atoms with Crippen molar-refractivity contribution in [2.75, 3.05) is 7.11 Å². The first kappa shape index (κ1) is 13.8. The molecule has 2 aromatic rings. The van der Waals surface area contributed by atoms with Crippen molar-refractivity contribution in [3.8, 4) is 0 Å². The molecular formula is C15H20N2O2. The molecule has 19 heavy (non-hydrogen) atoms. The lowest BCUT2D eigenvalue weighted by molar-refractivity contribution is 0.160. The number of methoxy groups -OCH3 is 1. The van der Waals surface area contributed by atoms with Gasteiger partial charge in [0, 0.05) is 26.3 Å². The van der Waals surface area contributed by atoms with E-state index >= 15 is 0 Å². The molecule has 102 valence electrons. The zero-order valence-corrected chi connectivity index (χ0v) is 11.6. The number of nitrogens with zero attached hydrogens (tertiary/aromatic N) is 2. The van der Waals surface area contributed by atoms with Crippen LogP contribution in [0.1, 0.15) is 28.6 Å². The van der Waals surface area contributed by atoms with Crippen LogP contribution in [-0.2, 0) is 24.8 Å². The first-order valence-electron chi connectivity index (χ1n) is 6.36. The molecule has 4 heteroatoms. The lowest BCUT2D eigenvalue weighted by Gasteiger charge is -2.15. The van der Waals surface area contributed by atoms with Crippen molar-refractivity contribution in [1.29, 1.82) is 0 Å². The van der Waals surface area contributed by atoms with Gasteiger partial charge in [0.2, 0.25) is 0 Å². The Morgan fingerprint density at radius 1 is 1.37 bits per heavy atom. The van der Waals surface area contributed by atoms with Gasteiger partial charge in [0.05, 0.1) is 18.4 Å². The van der Waals surface area contributed by atoms with Crippen LogP contribution in [0, 0.1) is 6.92 Å². The molecule has 4 nitrogen and oxygen atoms in total. The number of hydrogen-bond donors (Lipinski definition) is 1. The maximum atomic E-state index is 10.4. The van der Waals surface area contributed by atoms with Gasteiger partial charge >= 0.3 is 0 Å². The second kappa shape index (κ2) is 5.99. The Morgan fingerprint density at radius 2 is 2.11 bits per heavy atom. The van der Waals surface area contributed by atoms with Crippen LogP contribution in [0.15, 0.2) is 30.3 Å². The molecule has 0 fully saturated rings. The minimum absolute atomic E-state index is 0.512. The maximum absolute atomic E-state index is 10.4. The highest BCUT2D eigenvalue weighted by atomic mass is 16.5. The van der Waals surface area contributed by atoms with E-state index in [4.69, 9.17) is 4.74 Å². The third-order valence-corrected chi connectivity index (χ3v) is 3.22. The van der Waals surface area contributed by atoms with Gasteiger partial charge in [-0.05, 0) is 24.1 Å². The van der Waals surface area contributed by atoms with Gasteiger partial charge in [-0.1, -0.05) is 24.3 Å². The standard InChI is InChI=1S/C15H20N2O2/c1-11-8-13(17(2)16-11)9-15(18)14-7-5-4-6-12(14)10-19-3/h4-8,15,18H,9-10H2,1-3H3. The Morgan fingerprint density at radius 3 is 2.74 bits per heavy atom. The third kappa shape index (κ3) is 3.22. The highest BCUT2D eigenvalue weighted by Crippen LogP contribution is 2.22. The van der Waals surface area contributed by atoms with Crippen molar-refractivity contribution in [3.05, 3.63) is 52.8 Å². The van der Waals surface area contributed by atoms with Gasteiger partial charge in [-0.2, -0.15) is 5.10 Å². The van der Waals surface area contributed by atoms with E-state index in [9.17, 15) is 5.11 Å². The Labute approximate surface area is 113 Å². The van der Waals surface area contributed by atoms with Gasteiger partial charge in [-0.25, -0.2) is 0 Å². The molecule has 1 N–H and O–H groups in total. The summed E-state index contributed by atoms with van der Waals surface area (Å²) in [5.74, 6) is 0. The Balaban J connectivity index is 2.20. The summed E-state index contributed by atoms with van der Waals surface area (Å²) in [5.41, 5.74) is 3.94. The minimum atomic E-state index is -0.541. The van der Waals surface area contributed by atoms with E-state index in [1.165, 1.54) is 0 Å². The number of aliphatic hydroxyl groups is 1. The Hall–Kier alpha value is -1.65. The zero-order valence-electron chi connectivity index (χ0n) is 11.6. The molecular weight excluding hydrogens is 240 g/mol. The molecule has 2 rings (SSSR count). The molecule has 0 amide bonds. The number of aryl methyl sites for hydroxylation is 2. The van der Waals surface area contributed by atoms with Crippen molar-refractivity contribution >= 4 is 0 Å². The molecule has 0 bridgehead atoms. The number of benzene rings is 1. The van der Waals surface area contributed by atoms with Crippen LogP contribution in [0.25, 0.3) is 0 Å². The molecule has 0 aliphatic carbocycles. The van der Waals surface area contributed by atoms with E-state index in [0.717, 1.165) is 22.5 Å². The highest BCUT2D eigenvalue weighted by molar-refractivity contribution is 5.29. The number of ether oxygens (including phenoxy) is 1. The van der Waals surface area contributed by atoms with E-state index in [-0.39, 0.29) is 0 Å². The van der Waals surface area contributed by atoms with Gasteiger partial charge < -0.3 is 9.84 Å². The summed E-state index contributed by atoms with van der Waals surface area (Å²) < 4.78 is 6.99. The summed E-state index contributed by atoms with van der Waals surface area (Å²) in [7, 11) is 3.56. The van der Waals surface area contributed by atoms with Crippen LogP contribution in [0.2, 0.25) is 0 Å². The van der Waals surface area contributed by atoms with E-state index in [1.54, 1.807) is 7.11 Å². The normalized spacial score (nSPS) is 12.6. The molecule has 0 aliphatic heterocycles. The largest absolute Gasteiger partial charge is 0.388 e. The van der Waals surface area contributed by atoms with Crippen molar-refractivity contribution < 1.29 is 9.84 Å². The average Bonchev–Trinajstić information content (AvgIpc) is 2.69. The van der Waals surface area contributed by atoms with Crippen LogP contribution in [-0.4, -0.2) is 22.0 Å². The van der Waals surface area contributed by atoms with Crippen LogP contribution >= 0.6 is 0 Å². The molecule has 0 aliphatic rings. The average molecular weight is 260 g/mol. The first-order chi connectivity index (χ1) is 9.11. The molecule has 0 radical (unpaired) electrons. The Bertz CT molecular complexity index is 549. The predicted octanol–water partition coefficient (Wildman–Crippen LogP) is 2.15. The van der Waals surface area contributed by atoms with Crippen LogP contribution in [0.4, 0.5) is 0 Å². The second-order valence-electron chi connectivity index (χ2n) is 4.75. The van der Waals surface area contributed by atoms with Crippen molar-refractivity contribution in [3.63, 3.8) is 0 Å².